The standard InChI is InChI=1S/C17H12ClNO/c18-14-8-5-13(6-9-14)17(20)11-15-10-7-12-3-1-2-4-16(12)19-15/h1-11,20H/b17-11-. The first kappa shape index (κ1) is 12.7. The van der Waals surface area contributed by atoms with Gasteiger partial charge in [0.05, 0.1) is 11.2 Å². The van der Waals surface area contributed by atoms with E-state index in [2.05, 4.69) is 4.98 Å². The lowest BCUT2D eigenvalue weighted by atomic mass is 10.1. The van der Waals surface area contributed by atoms with Gasteiger partial charge >= 0.3 is 0 Å². The van der Waals surface area contributed by atoms with Gasteiger partial charge in [-0.25, -0.2) is 4.98 Å². The van der Waals surface area contributed by atoms with Crippen LogP contribution in [0.5, 0.6) is 0 Å². The first-order valence-electron chi connectivity index (χ1n) is 6.25. The van der Waals surface area contributed by atoms with E-state index in [1.54, 1.807) is 30.3 Å². The Labute approximate surface area is 122 Å². The number of para-hydroxylation sites is 1. The Morgan fingerprint density at radius 2 is 1.70 bits per heavy atom. The Balaban J connectivity index is 1.98. The van der Waals surface area contributed by atoms with Crippen molar-refractivity contribution in [2.75, 3.05) is 0 Å². The Morgan fingerprint density at radius 1 is 0.950 bits per heavy atom. The molecule has 0 saturated heterocycles. The fourth-order valence-electron chi connectivity index (χ4n) is 2.01. The summed E-state index contributed by atoms with van der Waals surface area (Å²) in [5, 5.41) is 11.8. The molecule has 1 N–H and O–H groups in total. The summed E-state index contributed by atoms with van der Waals surface area (Å²) in [7, 11) is 0. The van der Waals surface area contributed by atoms with Gasteiger partial charge in [0.25, 0.3) is 0 Å². The van der Waals surface area contributed by atoms with Gasteiger partial charge in [0, 0.05) is 22.0 Å². The van der Waals surface area contributed by atoms with Crippen molar-refractivity contribution in [3.63, 3.8) is 0 Å². The van der Waals surface area contributed by atoms with E-state index in [1.165, 1.54) is 0 Å². The summed E-state index contributed by atoms with van der Waals surface area (Å²) < 4.78 is 0. The van der Waals surface area contributed by atoms with Gasteiger partial charge in [-0.2, -0.15) is 0 Å². The molecule has 0 fully saturated rings. The summed E-state index contributed by atoms with van der Waals surface area (Å²) in [4.78, 5) is 4.50. The number of pyridine rings is 1. The fourth-order valence-corrected chi connectivity index (χ4v) is 2.13. The molecule has 1 aromatic heterocycles. The number of nitrogens with zero attached hydrogens (tertiary/aromatic N) is 1. The highest BCUT2D eigenvalue weighted by atomic mass is 35.5. The van der Waals surface area contributed by atoms with E-state index in [9.17, 15) is 5.11 Å². The highest BCUT2D eigenvalue weighted by Gasteiger charge is 2.01. The molecule has 0 unspecified atom stereocenters. The quantitative estimate of drug-likeness (QED) is 0.675. The van der Waals surface area contributed by atoms with Crippen molar-refractivity contribution in [1.29, 1.82) is 0 Å². The SMILES string of the molecule is O/C(=C\c1ccc2ccccc2n1)c1ccc(Cl)cc1. The zero-order valence-corrected chi connectivity index (χ0v) is 11.4. The molecule has 0 amide bonds. The van der Waals surface area contributed by atoms with Crippen molar-refractivity contribution in [3.05, 3.63) is 76.9 Å². The van der Waals surface area contributed by atoms with E-state index in [-0.39, 0.29) is 5.76 Å². The van der Waals surface area contributed by atoms with Crippen LogP contribution in [0, 0.1) is 0 Å². The number of aromatic nitrogens is 1. The monoisotopic (exact) mass is 281 g/mol. The fraction of sp³-hybridized carbons (Fsp3) is 0. The van der Waals surface area contributed by atoms with Crippen LogP contribution in [0.3, 0.4) is 0 Å². The Bertz CT molecular complexity index is 778. The molecule has 0 saturated carbocycles. The van der Waals surface area contributed by atoms with Crippen LogP contribution in [-0.4, -0.2) is 10.1 Å². The zero-order valence-electron chi connectivity index (χ0n) is 10.6. The molecule has 0 aliphatic heterocycles. The second-order valence-electron chi connectivity index (χ2n) is 4.47. The highest BCUT2D eigenvalue weighted by molar-refractivity contribution is 6.30. The van der Waals surface area contributed by atoms with Gasteiger partial charge < -0.3 is 5.11 Å². The minimum absolute atomic E-state index is 0.171. The Hall–Kier alpha value is -2.32. The lowest BCUT2D eigenvalue weighted by Crippen LogP contribution is -1.86. The molecule has 0 aliphatic carbocycles. The number of aliphatic hydroxyl groups excluding tert-OH is 1. The number of hydrogen-bond acceptors (Lipinski definition) is 2. The molecule has 2 aromatic carbocycles. The topological polar surface area (TPSA) is 33.1 Å². The summed E-state index contributed by atoms with van der Waals surface area (Å²) in [6, 6.07) is 18.8. The van der Waals surface area contributed by atoms with Gasteiger partial charge in [-0.1, -0.05) is 35.9 Å². The third-order valence-corrected chi connectivity index (χ3v) is 3.30. The number of hydrogen-bond donors (Lipinski definition) is 1. The molecule has 3 rings (SSSR count). The molecule has 0 radical (unpaired) electrons. The van der Waals surface area contributed by atoms with Gasteiger partial charge in [-0.3, -0.25) is 0 Å². The van der Waals surface area contributed by atoms with Crippen molar-refractivity contribution in [2.45, 2.75) is 0 Å². The zero-order chi connectivity index (χ0) is 13.9. The van der Waals surface area contributed by atoms with Crippen LogP contribution in [0.2, 0.25) is 5.02 Å². The Kier molecular flexibility index (Phi) is 3.40. The average molecular weight is 282 g/mol. The Morgan fingerprint density at radius 3 is 2.50 bits per heavy atom. The van der Waals surface area contributed by atoms with E-state index in [0.717, 1.165) is 16.6 Å². The van der Waals surface area contributed by atoms with Crippen molar-refractivity contribution >= 4 is 34.3 Å². The maximum atomic E-state index is 10.1. The predicted octanol–water partition coefficient (Wildman–Crippen LogP) is 4.94. The van der Waals surface area contributed by atoms with Gasteiger partial charge in [0.1, 0.15) is 5.76 Å². The number of aliphatic hydroxyl groups is 1. The van der Waals surface area contributed by atoms with Crippen molar-refractivity contribution in [1.82, 2.24) is 4.98 Å². The normalized spacial score (nSPS) is 11.8. The minimum Gasteiger partial charge on any atom is -0.507 e. The molecular weight excluding hydrogens is 270 g/mol. The third kappa shape index (κ3) is 2.65. The summed E-state index contributed by atoms with van der Waals surface area (Å²) in [5.41, 5.74) is 2.34. The lowest BCUT2D eigenvalue weighted by Gasteiger charge is -2.02. The van der Waals surface area contributed by atoms with Crippen molar-refractivity contribution in [3.8, 4) is 0 Å². The number of rotatable bonds is 2. The number of benzene rings is 2. The molecule has 0 aliphatic rings. The third-order valence-electron chi connectivity index (χ3n) is 3.04. The van der Waals surface area contributed by atoms with E-state index in [1.807, 2.05) is 36.4 Å². The van der Waals surface area contributed by atoms with Crippen LogP contribution >= 0.6 is 11.6 Å². The molecule has 1 heterocycles. The minimum atomic E-state index is 0.171. The molecule has 3 heteroatoms. The van der Waals surface area contributed by atoms with Crippen molar-refractivity contribution in [2.24, 2.45) is 0 Å². The molecule has 20 heavy (non-hydrogen) atoms. The largest absolute Gasteiger partial charge is 0.507 e. The maximum absolute atomic E-state index is 10.1. The van der Waals surface area contributed by atoms with Gasteiger partial charge in [-0.05, 0) is 36.4 Å². The van der Waals surface area contributed by atoms with Gasteiger partial charge in [0.15, 0.2) is 0 Å². The summed E-state index contributed by atoms with van der Waals surface area (Å²) in [6.45, 7) is 0. The van der Waals surface area contributed by atoms with Crippen LogP contribution in [0.25, 0.3) is 22.7 Å². The van der Waals surface area contributed by atoms with Crippen molar-refractivity contribution < 1.29 is 5.11 Å². The molecule has 0 spiro atoms. The first-order chi connectivity index (χ1) is 9.72. The summed E-state index contributed by atoms with van der Waals surface area (Å²) >= 11 is 5.83. The molecule has 3 aromatic rings. The number of fused-ring (bicyclic) bond motifs is 1. The molecular formula is C17H12ClNO. The smallest absolute Gasteiger partial charge is 0.124 e. The maximum Gasteiger partial charge on any atom is 0.124 e. The van der Waals surface area contributed by atoms with Gasteiger partial charge in [0.2, 0.25) is 0 Å². The number of halogens is 1. The molecule has 0 atom stereocenters. The van der Waals surface area contributed by atoms with Crippen LogP contribution in [0.4, 0.5) is 0 Å². The molecule has 98 valence electrons. The molecule has 2 nitrogen and oxygen atoms in total. The van der Waals surface area contributed by atoms with E-state index < -0.39 is 0 Å². The van der Waals surface area contributed by atoms with Gasteiger partial charge in [-0.15, -0.1) is 0 Å². The highest BCUT2D eigenvalue weighted by Crippen LogP contribution is 2.19. The van der Waals surface area contributed by atoms with Crippen LogP contribution in [-0.2, 0) is 0 Å². The molecule has 0 bridgehead atoms. The van der Waals surface area contributed by atoms with E-state index >= 15 is 0 Å². The summed E-state index contributed by atoms with van der Waals surface area (Å²) in [6.07, 6.45) is 1.65. The van der Waals surface area contributed by atoms with Crippen LogP contribution in [0.1, 0.15) is 11.3 Å². The van der Waals surface area contributed by atoms with E-state index in [4.69, 9.17) is 11.6 Å². The van der Waals surface area contributed by atoms with E-state index in [0.29, 0.717) is 10.6 Å². The average Bonchev–Trinajstić information content (AvgIpc) is 2.48. The van der Waals surface area contributed by atoms with Crippen LogP contribution < -0.4 is 0 Å². The second-order valence-corrected chi connectivity index (χ2v) is 4.90. The predicted molar refractivity (Wildman–Crippen MR) is 83.7 cm³/mol. The van der Waals surface area contributed by atoms with Crippen LogP contribution in [0.15, 0.2) is 60.7 Å². The lowest BCUT2D eigenvalue weighted by molar-refractivity contribution is 0.515. The summed E-state index contributed by atoms with van der Waals surface area (Å²) in [5.74, 6) is 0.171. The second kappa shape index (κ2) is 5.35. The first-order valence-corrected chi connectivity index (χ1v) is 6.62.